The molecule has 1 aromatic rings. The summed E-state index contributed by atoms with van der Waals surface area (Å²) >= 11 is 0. The lowest BCUT2D eigenvalue weighted by atomic mass is 9.83. The SMILES string of the molecule is CC[C@H](C)C([C@@H](CC(=O)N1CCC[C@H]1[C@H](OC)[C@@H](C)C(=O)N[C@H](CN=[N+]=[N-])Cc1ccc(CC(=O)[C@H](CCCNC(N)=O)NC(=O)[C@@H](CC(=O)CCC(=O)N2CCC(C(=O)O)CC2)C(C)C)cc1)OC)N(C)C(=O)[C@@H](CC(=O)[C@H](C(C)C)N(C)C)C(C)C. The van der Waals surface area contributed by atoms with Gasteiger partial charge in [0.05, 0.1) is 54.6 Å². The number of carboxylic acid groups (broad SMARTS) is 1. The molecule has 2 saturated heterocycles. The van der Waals surface area contributed by atoms with Crippen molar-refractivity contribution in [2.45, 2.75) is 195 Å². The van der Waals surface area contributed by atoms with Gasteiger partial charge < -0.3 is 51.0 Å². The summed E-state index contributed by atoms with van der Waals surface area (Å²) in [7, 11) is 8.53. The number of methoxy groups -OCH3 is 2. The largest absolute Gasteiger partial charge is 0.481 e. The van der Waals surface area contributed by atoms with E-state index in [9.17, 15) is 58.6 Å². The number of likely N-dealkylation sites (tertiary alicyclic amines) is 2. The zero-order valence-electron chi connectivity index (χ0n) is 55.0. The van der Waals surface area contributed by atoms with Crippen LogP contribution in [-0.4, -0.2) is 194 Å². The van der Waals surface area contributed by atoms with E-state index < -0.39 is 78.0 Å². The van der Waals surface area contributed by atoms with Gasteiger partial charge in [-0.3, -0.25) is 48.1 Å². The van der Waals surface area contributed by atoms with Crippen LogP contribution >= 0.6 is 0 Å². The highest BCUT2D eigenvalue weighted by Crippen LogP contribution is 2.32. The van der Waals surface area contributed by atoms with E-state index >= 15 is 0 Å². The fourth-order valence-electron chi connectivity index (χ4n) is 12.7. The van der Waals surface area contributed by atoms with Gasteiger partial charge in [-0.25, -0.2) is 4.79 Å². The minimum atomic E-state index is -0.989. The lowest BCUT2D eigenvalue weighted by Gasteiger charge is -2.41. The Morgan fingerprint density at radius 3 is 1.93 bits per heavy atom. The fraction of sp³-hybridized carbons (Fsp3) is 0.750. The number of urea groups is 1. The first-order valence-corrected chi connectivity index (χ1v) is 31.6. The van der Waals surface area contributed by atoms with Crippen molar-refractivity contribution in [1.29, 1.82) is 0 Å². The third-order valence-corrected chi connectivity index (χ3v) is 18.0. The summed E-state index contributed by atoms with van der Waals surface area (Å²) < 4.78 is 12.1. The van der Waals surface area contributed by atoms with Crippen LogP contribution in [0.25, 0.3) is 10.4 Å². The maximum atomic E-state index is 14.5. The van der Waals surface area contributed by atoms with E-state index in [0.717, 1.165) is 5.56 Å². The van der Waals surface area contributed by atoms with Gasteiger partial charge in [-0.2, -0.15) is 0 Å². The Hall–Kier alpha value is -6.49. The van der Waals surface area contributed by atoms with Gasteiger partial charge in [-0.05, 0) is 99.4 Å². The van der Waals surface area contributed by atoms with Crippen LogP contribution in [0.2, 0.25) is 0 Å². The lowest BCUT2D eigenvalue weighted by Crippen LogP contribution is -2.54. The van der Waals surface area contributed by atoms with Crippen LogP contribution in [0.3, 0.4) is 0 Å². The number of rotatable bonds is 39. The molecule has 0 aliphatic carbocycles. The van der Waals surface area contributed by atoms with Gasteiger partial charge in [0, 0.05) is 109 Å². The summed E-state index contributed by atoms with van der Waals surface area (Å²) in [6, 6.07) is 3.40. The summed E-state index contributed by atoms with van der Waals surface area (Å²) in [5.41, 5.74) is 16.0. The van der Waals surface area contributed by atoms with Crippen molar-refractivity contribution in [1.82, 2.24) is 35.6 Å². The number of aliphatic carboxylic acids is 1. The molecule has 0 spiro atoms. The van der Waals surface area contributed by atoms with Crippen LogP contribution in [0.5, 0.6) is 0 Å². The average Bonchev–Trinajstić information content (AvgIpc) is 2.73. The third kappa shape index (κ3) is 23.1. The number of benzene rings is 1. The molecule has 88 heavy (non-hydrogen) atoms. The number of nitrogens with zero attached hydrogens (tertiary/aromatic N) is 7. The second-order valence-corrected chi connectivity index (χ2v) is 25.6. The van der Waals surface area contributed by atoms with Gasteiger partial charge in [0.1, 0.15) is 5.78 Å². The van der Waals surface area contributed by atoms with E-state index in [1.165, 1.54) is 14.2 Å². The molecule has 2 aliphatic heterocycles. The van der Waals surface area contributed by atoms with Crippen molar-refractivity contribution >= 4 is 58.9 Å². The Balaban J connectivity index is 1.73. The number of hydrogen-bond donors (Lipinski definition) is 5. The molecule has 2 fully saturated rings. The monoisotopic (exact) mass is 1240 g/mol. The van der Waals surface area contributed by atoms with E-state index in [2.05, 4.69) is 26.0 Å². The second-order valence-electron chi connectivity index (χ2n) is 25.6. The lowest BCUT2D eigenvalue weighted by molar-refractivity contribution is -0.149. The molecular weight excluding hydrogens is 1130 g/mol. The minimum absolute atomic E-state index is 0.00681. The summed E-state index contributed by atoms with van der Waals surface area (Å²) in [4.78, 5) is 144. The highest BCUT2D eigenvalue weighted by molar-refractivity contribution is 5.94. The standard InChI is InChI=1S/C64H105N11O13/c1-15-41(8)58(73(12)62(83)49(39(4)5)35-53(78)57(40(6)7)72(10)11)54(87-13)36-56(80)75-29-17-19-51(75)59(88-14)42(9)60(81)69-46(37-68-71-66)32-43-20-22-44(23-21-43)33-52(77)50(18-16-28-67-64(65)86)70-61(82)48(38(2)3)34-47(76)24-25-55(79)74-30-26-45(27-31-74)63(84)85/h20-23,38-42,45-46,48-51,54,57-59H,15-19,24-37H2,1-14H3,(H,69,81)(H,70,82)(H,84,85)(H3,65,67,86)/t41-,42+,46-,48-,49-,50-,51-,54+,57-,58?,59+/m0/s1. The van der Waals surface area contributed by atoms with Crippen molar-refractivity contribution in [2.75, 3.05) is 68.1 Å². The number of carbonyl (C=O) groups excluding carboxylic acids is 9. The van der Waals surface area contributed by atoms with E-state index in [1.807, 2.05) is 60.5 Å². The molecule has 11 atom stereocenters. The smallest absolute Gasteiger partial charge is 0.312 e. The number of Topliss-reactive ketones (excluding diaryl/α,β-unsaturated/α-hetero) is 3. The first-order chi connectivity index (χ1) is 41.5. The van der Waals surface area contributed by atoms with Crippen LogP contribution < -0.4 is 21.7 Å². The number of ether oxygens (including phenoxy) is 2. The van der Waals surface area contributed by atoms with Crippen LogP contribution in [0.1, 0.15) is 150 Å². The van der Waals surface area contributed by atoms with Crippen LogP contribution in [-0.2, 0) is 65.5 Å². The molecule has 2 heterocycles. The van der Waals surface area contributed by atoms with Crippen LogP contribution in [0.4, 0.5) is 4.79 Å². The topological polar surface area (TPSA) is 333 Å². The van der Waals surface area contributed by atoms with E-state index in [1.54, 1.807) is 66.8 Å². The highest BCUT2D eigenvalue weighted by Gasteiger charge is 2.44. The number of nitrogens with two attached hydrogens (primary N) is 1. The molecule has 0 saturated carbocycles. The second kappa shape index (κ2) is 37.5. The van der Waals surface area contributed by atoms with Crippen LogP contribution in [0.15, 0.2) is 29.4 Å². The molecule has 0 radical (unpaired) electrons. The molecule has 6 N–H and O–H groups in total. The van der Waals surface area contributed by atoms with Gasteiger partial charge in [0.2, 0.25) is 29.5 Å². The predicted octanol–water partition coefficient (Wildman–Crippen LogP) is 6.14. The van der Waals surface area contributed by atoms with Crippen molar-refractivity contribution in [2.24, 2.45) is 58.2 Å². The van der Waals surface area contributed by atoms with Gasteiger partial charge in [-0.1, -0.05) is 98.1 Å². The van der Waals surface area contributed by atoms with Crippen molar-refractivity contribution in [3.05, 3.63) is 45.8 Å². The average molecular weight is 1240 g/mol. The number of ketones is 3. The molecular formula is C64H105N11O13. The number of likely N-dealkylation sites (N-methyl/N-ethyl adjacent to an activating group) is 2. The summed E-state index contributed by atoms with van der Waals surface area (Å²) in [5.74, 6) is -6.11. The van der Waals surface area contributed by atoms with Gasteiger partial charge in [0.25, 0.3) is 0 Å². The highest BCUT2D eigenvalue weighted by atomic mass is 16.5. The Bertz CT molecular complexity index is 2520. The van der Waals surface area contributed by atoms with Gasteiger partial charge in [0.15, 0.2) is 11.6 Å². The molecule has 3 rings (SSSR count). The first-order valence-electron chi connectivity index (χ1n) is 31.6. The van der Waals surface area contributed by atoms with Gasteiger partial charge >= 0.3 is 12.0 Å². The molecule has 0 aromatic heterocycles. The van der Waals surface area contributed by atoms with Gasteiger partial charge in [-0.15, -0.1) is 0 Å². The summed E-state index contributed by atoms with van der Waals surface area (Å²) in [6.07, 6.45) is 1.57. The number of azide groups is 1. The Morgan fingerprint density at radius 2 is 1.40 bits per heavy atom. The number of carbonyl (C=O) groups is 10. The zero-order chi connectivity index (χ0) is 66.1. The number of nitrogens with one attached hydrogen (secondary N) is 3. The number of primary amides is 1. The molecule has 24 nitrogen and oxygen atoms in total. The van der Waals surface area contributed by atoms with E-state index in [4.69, 9.17) is 15.2 Å². The number of amides is 7. The maximum absolute atomic E-state index is 14.5. The van der Waals surface area contributed by atoms with Crippen LogP contribution in [0, 0.1) is 47.3 Å². The quantitative estimate of drug-likeness (QED) is 0.0214. The third-order valence-electron chi connectivity index (χ3n) is 18.0. The molecule has 0 bridgehead atoms. The Kier molecular flexibility index (Phi) is 32.3. The Morgan fingerprint density at radius 1 is 0.773 bits per heavy atom. The van der Waals surface area contributed by atoms with E-state index in [0.29, 0.717) is 63.7 Å². The molecule has 1 unspecified atom stereocenters. The molecule has 1 aromatic carbocycles. The fourth-order valence-corrected chi connectivity index (χ4v) is 12.7. The zero-order valence-corrected chi connectivity index (χ0v) is 55.0. The predicted molar refractivity (Wildman–Crippen MR) is 334 cm³/mol. The summed E-state index contributed by atoms with van der Waals surface area (Å²) in [5, 5.41) is 21.5. The molecule has 2 aliphatic rings. The Labute approximate surface area is 521 Å². The van der Waals surface area contributed by atoms with Crippen molar-refractivity contribution in [3.63, 3.8) is 0 Å². The first kappa shape index (κ1) is 75.8. The number of hydrogen-bond acceptors (Lipinski definition) is 14. The molecule has 7 amide bonds. The molecule has 24 heteroatoms. The number of carboxylic acids is 1. The normalized spacial score (nSPS) is 18.0. The number of piperidine rings is 1. The van der Waals surface area contributed by atoms with Crippen molar-refractivity contribution < 1.29 is 62.5 Å². The van der Waals surface area contributed by atoms with E-state index in [-0.39, 0.29) is 135 Å². The van der Waals surface area contributed by atoms with Crippen molar-refractivity contribution in [3.8, 4) is 0 Å². The summed E-state index contributed by atoms with van der Waals surface area (Å²) in [6.45, 7) is 18.3. The molecule has 494 valence electrons. The minimum Gasteiger partial charge on any atom is -0.481 e. The maximum Gasteiger partial charge on any atom is 0.312 e.